The molecular formula is C12H12BrN3O. The molecule has 0 fully saturated rings. The third-order valence-corrected chi connectivity index (χ3v) is 3.95. The van der Waals surface area contributed by atoms with Gasteiger partial charge in [0.25, 0.3) is 5.91 Å². The van der Waals surface area contributed by atoms with Crippen LogP contribution < -0.4 is 11.1 Å². The van der Waals surface area contributed by atoms with Crippen molar-refractivity contribution in [3.8, 4) is 0 Å². The molecule has 1 aliphatic carbocycles. The molecule has 17 heavy (non-hydrogen) atoms. The predicted molar refractivity (Wildman–Crippen MR) is 68.7 cm³/mol. The summed E-state index contributed by atoms with van der Waals surface area (Å²) in [5, 5.41) is 2.60. The van der Waals surface area contributed by atoms with Crippen molar-refractivity contribution in [3.05, 3.63) is 33.8 Å². The topological polar surface area (TPSA) is 67.5 Å². The van der Waals surface area contributed by atoms with Crippen LogP contribution in [0, 0.1) is 0 Å². The first-order valence-electron chi connectivity index (χ1n) is 5.53. The van der Waals surface area contributed by atoms with E-state index >= 15 is 0 Å². The molecule has 1 aromatic rings. The largest absolute Gasteiger partial charge is 0.370 e. The van der Waals surface area contributed by atoms with Gasteiger partial charge in [-0.25, -0.2) is 4.99 Å². The van der Waals surface area contributed by atoms with Crippen LogP contribution in [0.1, 0.15) is 17.5 Å². The number of carbonyl (C=O) groups is 1. The molecule has 88 valence electrons. The highest BCUT2D eigenvalue weighted by Crippen LogP contribution is 2.34. The van der Waals surface area contributed by atoms with E-state index < -0.39 is 5.54 Å². The molecule has 0 saturated heterocycles. The van der Waals surface area contributed by atoms with Crippen LogP contribution in [0.4, 0.5) is 0 Å². The Morgan fingerprint density at radius 1 is 1.41 bits per heavy atom. The molecule has 3 N–H and O–H groups in total. The molecule has 4 nitrogen and oxygen atoms in total. The van der Waals surface area contributed by atoms with Crippen molar-refractivity contribution < 1.29 is 4.79 Å². The number of amides is 1. The van der Waals surface area contributed by atoms with Gasteiger partial charge in [-0.3, -0.25) is 10.1 Å². The Labute approximate surface area is 107 Å². The lowest BCUT2D eigenvalue weighted by molar-refractivity contribution is -0.124. The summed E-state index contributed by atoms with van der Waals surface area (Å²) in [6, 6.07) is 6.16. The zero-order valence-corrected chi connectivity index (χ0v) is 10.8. The van der Waals surface area contributed by atoms with Gasteiger partial charge in [0, 0.05) is 10.9 Å². The average Bonchev–Trinajstić information content (AvgIpc) is 2.54. The summed E-state index contributed by atoms with van der Waals surface area (Å²) in [4.78, 5) is 16.2. The van der Waals surface area contributed by atoms with Crippen LogP contribution in [0.5, 0.6) is 0 Å². The molecule has 2 aliphatic rings. The van der Waals surface area contributed by atoms with E-state index in [1.807, 2.05) is 6.07 Å². The maximum atomic E-state index is 11.9. The molecule has 1 amide bonds. The lowest BCUT2D eigenvalue weighted by atomic mass is 9.78. The standard InChI is InChI=1S/C12H12BrN3O/c13-9-2-1-8-6-12(4-3-7(8)5-9)10(17)15-11(14)16-12/h1-2,5H,3-4,6H2,(H3,14,15,16,17). The van der Waals surface area contributed by atoms with Crippen LogP contribution in [0.3, 0.4) is 0 Å². The normalized spacial score (nSPS) is 26.6. The summed E-state index contributed by atoms with van der Waals surface area (Å²) < 4.78 is 1.08. The number of benzene rings is 1. The highest BCUT2D eigenvalue weighted by Gasteiger charge is 2.45. The van der Waals surface area contributed by atoms with Crippen molar-refractivity contribution in [2.45, 2.75) is 24.8 Å². The van der Waals surface area contributed by atoms with Gasteiger partial charge in [-0.05, 0) is 36.1 Å². The van der Waals surface area contributed by atoms with Crippen LogP contribution in [0.2, 0.25) is 0 Å². The Morgan fingerprint density at radius 2 is 2.24 bits per heavy atom. The van der Waals surface area contributed by atoms with Gasteiger partial charge in [-0.2, -0.15) is 0 Å². The number of carbonyl (C=O) groups excluding carboxylic acids is 1. The van der Waals surface area contributed by atoms with Crippen molar-refractivity contribution in [1.29, 1.82) is 0 Å². The summed E-state index contributed by atoms with van der Waals surface area (Å²) >= 11 is 3.46. The molecule has 1 aromatic carbocycles. The Morgan fingerprint density at radius 3 is 2.94 bits per heavy atom. The van der Waals surface area contributed by atoms with Crippen LogP contribution in [-0.2, 0) is 17.6 Å². The van der Waals surface area contributed by atoms with E-state index in [1.165, 1.54) is 11.1 Å². The molecule has 0 radical (unpaired) electrons. The number of nitrogens with two attached hydrogens (primary N) is 1. The Hall–Kier alpha value is -1.36. The SMILES string of the molecule is NC1=NC2(CCc3cc(Br)ccc3C2)C(=O)N1. The van der Waals surface area contributed by atoms with E-state index in [1.54, 1.807) is 0 Å². The molecule has 1 atom stereocenters. The minimum atomic E-state index is -0.662. The lowest BCUT2D eigenvalue weighted by Gasteiger charge is -2.29. The third-order valence-electron chi connectivity index (χ3n) is 3.46. The summed E-state index contributed by atoms with van der Waals surface area (Å²) in [5.41, 5.74) is 7.40. The van der Waals surface area contributed by atoms with E-state index in [0.717, 1.165) is 17.3 Å². The van der Waals surface area contributed by atoms with Gasteiger partial charge in [0.1, 0.15) is 5.54 Å². The molecular weight excluding hydrogens is 282 g/mol. The van der Waals surface area contributed by atoms with E-state index in [9.17, 15) is 4.79 Å². The molecule has 0 aromatic heterocycles. The quantitative estimate of drug-likeness (QED) is 0.753. The zero-order valence-electron chi connectivity index (χ0n) is 9.16. The highest BCUT2D eigenvalue weighted by atomic mass is 79.9. The van der Waals surface area contributed by atoms with Gasteiger partial charge in [0.05, 0.1) is 0 Å². The van der Waals surface area contributed by atoms with Crippen LogP contribution >= 0.6 is 15.9 Å². The number of hydrogen-bond acceptors (Lipinski definition) is 3. The van der Waals surface area contributed by atoms with Crippen molar-refractivity contribution in [2.24, 2.45) is 10.7 Å². The van der Waals surface area contributed by atoms with Crippen molar-refractivity contribution >= 4 is 27.8 Å². The maximum absolute atomic E-state index is 11.9. The number of rotatable bonds is 0. The van der Waals surface area contributed by atoms with Crippen molar-refractivity contribution in [1.82, 2.24) is 5.32 Å². The molecule has 5 heteroatoms. The minimum absolute atomic E-state index is 0.0661. The maximum Gasteiger partial charge on any atom is 0.255 e. The zero-order chi connectivity index (χ0) is 12.0. The Bertz CT molecular complexity index is 541. The molecule has 1 unspecified atom stereocenters. The minimum Gasteiger partial charge on any atom is -0.370 e. The summed E-state index contributed by atoms with van der Waals surface area (Å²) in [5.74, 6) is 0.180. The number of nitrogens with one attached hydrogen (secondary N) is 1. The summed E-state index contributed by atoms with van der Waals surface area (Å²) in [6.45, 7) is 0. The molecule has 3 rings (SSSR count). The molecule has 0 bridgehead atoms. The third kappa shape index (κ3) is 1.65. The van der Waals surface area contributed by atoms with Gasteiger partial charge in [0.2, 0.25) is 0 Å². The fraction of sp³-hybridized carbons (Fsp3) is 0.333. The number of halogens is 1. The molecule has 0 saturated carbocycles. The monoisotopic (exact) mass is 293 g/mol. The van der Waals surface area contributed by atoms with Gasteiger partial charge in [-0.1, -0.05) is 22.0 Å². The predicted octanol–water partition coefficient (Wildman–Crippen LogP) is 1.12. The molecule has 1 heterocycles. The molecule has 1 spiro atoms. The smallest absolute Gasteiger partial charge is 0.255 e. The van der Waals surface area contributed by atoms with Crippen molar-refractivity contribution in [2.75, 3.05) is 0 Å². The first-order valence-corrected chi connectivity index (χ1v) is 6.32. The number of hydrogen-bond donors (Lipinski definition) is 2. The van der Waals surface area contributed by atoms with Gasteiger partial charge in [0.15, 0.2) is 5.96 Å². The second kappa shape index (κ2) is 3.57. The molecule has 1 aliphatic heterocycles. The fourth-order valence-electron chi connectivity index (χ4n) is 2.58. The fourth-order valence-corrected chi connectivity index (χ4v) is 2.98. The summed E-state index contributed by atoms with van der Waals surface area (Å²) in [7, 11) is 0. The van der Waals surface area contributed by atoms with Crippen LogP contribution in [-0.4, -0.2) is 17.4 Å². The van der Waals surface area contributed by atoms with Gasteiger partial charge in [-0.15, -0.1) is 0 Å². The highest BCUT2D eigenvalue weighted by molar-refractivity contribution is 9.10. The second-order valence-corrected chi connectivity index (χ2v) is 5.49. The summed E-state index contributed by atoms with van der Waals surface area (Å²) in [6.07, 6.45) is 2.23. The van der Waals surface area contributed by atoms with E-state index in [2.05, 4.69) is 38.4 Å². The number of guanidine groups is 1. The number of aliphatic imine (C=N–C) groups is 1. The lowest BCUT2D eigenvalue weighted by Crippen LogP contribution is -2.44. The Balaban J connectivity index is 2.01. The van der Waals surface area contributed by atoms with E-state index in [-0.39, 0.29) is 11.9 Å². The van der Waals surface area contributed by atoms with Crippen LogP contribution in [0.15, 0.2) is 27.7 Å². The Kier molecular flexibility index (Phi) is 2.26. The van der Waals surface area contributed by atoms with E-state index in [0.29, 0.717) is 6.42 Å². The first kappa shape index (κ1) is 10.8. The van der Waals surface area contributed by atoms with Gasteiger partial charge >= 0.3 is 0 Å². The average molecular weight is 294 g/mol. The number of nitrogens with zero attached hydrogens (tertiary/aromatic N) is 1. The van der Waals surface area contributed by atoms with E-state index in [4.69, 9.17) is 5.73 Å². The second-order valence-electron chi connectivity index (χ2n) is 4.57. The van der Waals surface area contributed by atoms with Gasteiger partial charge < -0.3 is 5.73 Å². The first-order chi connectivity index (χ1) is 8.09. The number of fused-ring (bicyclic) bond motifs is 1. The van der Waals surface area contributed by atoms with Crippen LogP contribution in [0.25, 0.3) is 0 Å². The van der Waals surface area contributed by atoms with Crippen molar-refractivity contribution in [3.63, 3.8) is 0 Å². The number of aryl methyl sites for hydroxylation is 1.